The van der Waals surface area contributed by atoms with Crippen molar-refractivity contribution >= 4 is 22.8 Å². The monoisotopic (exact) mass is 418 g/mol. The largest absolute Gasteiger partial charge is 0.355 e. The molecule has 0 atom stereocenters. The van der Waals surface area contributed by atoms with Gasteiger partial charge in [0.2, 0.25) is 0 Å². The van der Waals surface area contributed by atoms with E-state index in [0.29, 0.717) is 30.3 Å². The number of carbonyl (C=O) groups excluding carboxylic acids is 2. The molecule has 1 N–H and O–H groups in total. The Kier molecular flexibility index (Phi) is 4.92. The number of aromatic nitrogens is 4. The van der Waals surface area contributed by atoms with Crippen molar-refractivity contribution in [3.63, 3.8) is 0 Å². The first-order valence-electron chi connectivity index (χ1n) is 10.9. The molecular weight excluding hydrogens is 392 g/mol. The van der Waals surface area contributed by atoms with Crippen LogP contribution in [0, 0.1) is 0 Å². The van der Waals surface area contributed by atoms with Crippen molar-refractivity contribution in [2.75, 3.05) is 20.1 Å². The minimum atomic E-state index is -0.105. The van der Waals surface area contributed by atoms with Crippen LogP contribution in [0.4, 0.5) is 0 Å². The van der Waals surface area contributed by atoms with Crippen LogP contribution in [0.1, 0.15) is 69.8 Å². The summed E-state index contributed by atoms with van der Waals surface area (Å²) in [5.74, 6) is 0.485. The van der Waals surface area contributed by atoms with Gasteiger partial charge in [-0.05, 0) is 43.9 Å². The number of likely N-dealkylation sites (tertiary alicyclic amines) is 1. The summed E-state index contributed by atoms with van der Waals surface area (Å²) < 4.78 is 1.80. The SMILES string of the molecule is CNC(=O)c1cc(C2CC2)nc2c1c(C1CCN(C(=O)c3ccccn3)CC1)nn2C. The number of hydrogen-bond donors (Lipinski definition) is 1. The fourth-order valence-corrected chi connectivity index (χ4v) is 4.49. The first-order chi connectivity index (χ1) is 15.1. The lowest BCUT2D eigenvalue weighted by Gasteiger charge is -2.31. The summed E-state index contributed by atoms with van der Waals surface area (Å²) in [6.07, 6.45) is 5.48. The molecule has 1 saturated heterocycles. The van der Waals surface area contributed by atoms with Crippen molar-refractivity contribution in [2.24, 2.45) is 7.05 Å². The van der Waals surface area contributed by atoms with Crippen LogP contribution < -0.4 is 5.32 Å². The van der Waals surface area contributed by atoms with Gasteiger partial charge in [-0.15, -0.1) is 0 Å². The van der Waals surface area contributed by atoms with Gasteiger partial charge < -0.3 is 10.2 Å². The highest BCUT2D eigenvalue weighted by Gasteiger charge is 2.32. The Morgan fingerprint density at radius 2 is 1.87 bits per heavy atom. The minimum absolute atomic E-state index is 0.0354. The van der Waals surface area contributed by atoms with Crippen molar-refractivity contribution < 1.29 is 9.59 Å². The summed E-state index contributed by atoms with van der Waals surface area (Å²) in [7, 11) is 3.55. The van der Waals surface area contributed by atoms with Crippen LogP contribution in [-0.4, -0.2) is 56.6 Å². The average molecular weight is 419 g/mol. The predicted octanol–water partition coefficient (Wildman–Crippen LogP) is 2.62. The molecule has 31 heavy (non-hydrogen) atoms. The van der Waals surface area contributed by atoms with E-state index in [2.05, 4.69) is 10.3 Å². The fourth-order valence-electron chi connectivity index (χ4n) is 4.49. The molecule has 0 unspecified atom stereocenters. The summed E-state index contributed by atoms with van der Waals surface area (Å²) in [6.45, 7) is 1.28. The maximum atomic E-state index is 12.7. The Morgan fingerprint density at radius 3 is 2.52 bits per heavy atom. The summed E-state index contributed by atoms with van der Waals surface area (Å²) in [4.78, 5) is 36.4. The van der Waals surface area contributed by atoms with Gasteiger partial charge in [-0.3, -0.25) is 19.3 Å². The van der Waals surface area contributed by atoms with E-state index in [-0.39, 0.29) is 17.7 Å². The first kappa shape index (κ1) is 19.7. The number of pyridine rings is 2. The summed E-state index contributed by atoms with van der Waals surface area (Å²) in [6, 6.07) is 7.33. The molecule has 0 bridgehead atoms. The fraction of sp³-hybridized carbons (Fsp3) is 0.435. The molecule has 0 spiro atoms. The number of piperidine rings is 1. The summed E-state index contributed by atoms with van der Waals surface area (Å²) in [5.41, 5.74) is 3.80. The standard InChI is InChI=1S/C23H26N6O2/c1-24-22(30)16-13-18(14-6-7-14)26-21-19(16)20(27-28(21)2)15-8-11-29(12-9-15)23(31)17-5-3-4-10-25-17/h3-5,10,13-15H,6-9,11-12H2,1-2H3,(H,24,30). The highest BCUT2D eigenvalue weighted by molar-refractivity contribution is 6.06. The van der Waals surface area contributed by atoms with Crippen molar-refractivity contribution in [3.8, 4) is 0 Å². The zero-order valence-electron chi connectivity index (χ0n) is 17.8. The second kappa shape index (κ2) is 7.76. The van der Waals surface area contributed by atoms with E-state index in [4.69, 9.17) is 10.1 Å². The van der Waals surface area contributed by atoms with E-state index < -0.39 is 0 Å². The molecule has 0 radical (unpaired) electrons. The van der Waals surface area contributed by atoms with E-state index in [1.54, 1.807) is 24.0 Å². The smallest absolute Gasteiger partial charge is 0.272 e. The molecule has 2 fully saturated rings. The molecular formula is C23H26N6O2. The Hall–Kier alpha value is -3.29. The van der Waals surface area contributed by atoms with Crippen LogP contribution in [0.3, 0.4) is 0 Å². The summed E-state index contributed by atoms with van der Waals surface area (Å²) in [5, 5.41) is 8.42. The van der Waals surface area contributed by atoms with Crippen molar-refractivity contribution in [1.29, 1.82) is 0 Å². The first-order valence-corrected chi connectivity index (χ1v) is 10.9. The molecule has 4 heterocycles. The maximum Gasteiger partial charge on any atom is 0.272 e. The van der Waals surface area contributed by atoms with Crippen molar-refractivity contribution in [1.82, 2.24) is 30.0 Å². The van der Waals surface area contributed by atoms with Gasteiger partial charge in [0.05, 0.1) is 16.6 Å². The third-order valence-corrected chi connectivity index (χ3v) is 6.36. The Balaban J connectivity index is 1.44. The molecule has 2 amide bonds. The van der Waals surface area contributed by atoms with Gasteiger partial charge in [-0.2, -0.15) is 5.10 Å². The van der Waals surface area contributed by atoms with Gasteiger partial charge >= 0.3 is 0 Å². The van der Waals surface area contributed by atoms with Crippen LogP contribution >= 0.6 is 0 Å². The number of nitrogens with zero attached hydrogens (tertiary/aromatic N) is 5. The average Bonchev–Trinajstić information content (AvgIpc) is 3.62. The molecule has 1 aliphatic heterocycles. The van der Waals surface area contributed by atoms with Crippen LogP contribution in [0.2, 0.25) is 0 Å². The molecule has 0 aromatic carbocycles. The van der Waals surface area contributed by atoms with Crippen molar-refractivity contribution in [3.05, 3.63) is 53.1 Å². The van der Waals surface area contributed by atoms with Gasteiger partial charge in [0.1, 0.15) is 5.69 Å². The van der Waals surface area contributed by atoms with Crippen LogP contribution in [0.25, 0.3) is 11.0 Å². The van der Waals surface area contributed by atoms with Crippen LogP contribution in [0.15, 0.2) is 30.5 Å². The molecule has 8 nitrogen and oxygen atoms in total. The highest BCUT2D eigenvalue weighted by Crippen LogP contribution is 2.41. The van der Waals surface area contributed by atoms with Gasteiger partial charge in [0.25, 0.3) is 11.8 Å². The Bertz CT molecular complexity index is 1140. The third kappa shape index (κ3) is 3.56. The molecule has 5 rings (SSSR count). The third-order valence-electron chi connectivity index (χ3n) is 6.36. The molecule has 3 aromatic heterocycles. The molecule has 1 saturated carbocycles. The van der Waals surface area contributed by atoms with Gasteiger partial charge in [0.15, 0.2) is 5.65 Å². The number of carbonyl (C=O) groups is 2. The highest BCUT2D eigenvalue weighted by atomic mass is 16.2. The zero-order chi connectivity index (χ0) is 21.5. The maximum absolute atomic E-state index is 12.7. The number of rotatable bonds is 4. The predicted molar refractivity (Wildman–Crippen MR) is 116 cm³/mol. The Labute approximate surface area is 180 Å². The van der Waals surface area contributed by atoms with E-state index >= 15 is 0 Å². The minimum Gasteiger partial charge on any atom is -0.355 e. The number of fused-ring (bicyclic) bond motifs is 1. The lowest BCUT2D eigenvalue weighted by Crippen LogP contribution is -2.38. The number of amides is 2. The topological polar surface area (TPSA) is 93.0 Å². The second-order valence-electron chi connectivity index (χ2n) is 8.44. The normalized spacial score (nSPS) is 17.2. The van der Waals surface area contributed by atoms with Crippen LogP contribution in [-0.2, 0) is 7.05 Å². The molecule has 1 aliphatic carbocycles. The van der Waals surface area contributed by atoms with E-state index in [9.17, 15) is 9.59 Å². The molecule has 2 aliphatic rings. The van der Waals surface area contributed by atoms with Crippen LogP contribution in [0.5, 0.6) is 0 Å². The second-order valence-corrected chi connectivity index (χ2v) is 8.44. The number of aryl methyl sites for hydroxylation is 1. The van der Waals surface area contributed by atoms with Gasteiger partial charge in [-0.1, -0.05) is 6.07 Å². The quantitative estimate of drug-likeness (QED) is 0.703. The van der Waals surface area contributed by atoms with E-state index in [1.165, 1.54) is 0 Å². The lowest BCUT2D eigenvalue weighted by atomic mass is 9.90. The Morgan fingerprint density at radius 1 is 1.10 bits per heavy atom. The molecule has 3 aromatic rings. The van der Waals surface area contributed by atoms with E-state index in [1.807, 2.05) is 30.1 Å². The van der Waals surface area contributed by atoms with Crippen molar-refractivity contribution in [2.45, 2.75) is 37.5 Å². The molecule has 8 heteroatoms. The lowest BCUT2D eigenvalue weighted by molar-refractivity contribution is 0.0706. The van der Waals surface area contributed by atoms with E-state index in [0.717, 1.165) is 48.1 Å². The number of hydrogen-bond acceptors (Lipinski definition) is 5. The van der Waals surface area contributed by atoms with Gasteiger partial charge in [-0.25, -0.2) is 4.98 Å². The van der Waals surface area contributed by atoms with Gasteiger partial charge in [0, 0.05) is 50.9 Å². The summed E-state index contributed by atoms with van der Waals surface area (Å²) >= 11 is 0. The number of nitrogens with one attached hydrogen (secondary N) is 1. The zero-order valence-corrected chi connectivity index (χ0v) is 17.8. The molecule has 160 valence electrons.